The van der Waals surface area contributed by atoms with Crippen molar-refractivity contribution in [1.82, 2.24) is 0 Å². The summed E-state index contributed by atoms with van der Waals surface area (Å²) in [5.74, 6) is -0.403. The zero-order chi connectivity index (χ0) is 10.0. The van der Waals surface area contributed by atoms with Crippen LogP contribution < -0.4 is 0 Å². The standard InChI is InChI=1S/C9H6INO2/c1-5(12)8-6(4-11)2-3-7(10)9(8)13/h2-3,13H,1H3. The number of halogens is 1. The largest absolute Gasteiger partial charge is 0.506 e. The molecule has 4 heteroatoms. The molecule has 1 aromatic carbocycles. The van der Waals surface area contributed by atoms with E-state index in [1.807, 2.05) is 28.7 Å². The fourth-order valence-electron chi connectivity index (χ4n) is 1.02. The Labute approximate surface area is 89.1 Å². The third kappa shape index (κ3) is 1.80. The Bertz CT molecular complexity index is 407. The maximum Gasteiger partial charge on any atom is 0.164 e. The molecular formula is C9H6INO2. The van der Waals surface area contributed by atoms with Gasteiger partial charge in [-0.25, -0.2) is 0 Å². The number of phenols is 1. The number of nitrogens with zero attached hydrogens (tertiary/aromatic N) is 1. The summed E-state index contributed by atoms with van der Waals surface area (Å²) in [4.78, 5) is 11.1. The monoisotopic (exact) mass is 287 g/mol. The van der Waals surface area contributed by atoms with E-state index < -0.39 is 0 Å². The van der Waals surface area contributed by atoms with Gasteiger partial charge in [-0.3, -0.25) is 4.79 Å². The number of nitriles is 1. The number of Topliss-reactive ketones (excluding diaryl/α,β-unsaturated/α-hetero) is 1. The smallest absolute Gasteiger partial charge is 0.164 e. The van der Waals surface area contributed by atoms with Crippen molar-refractivity contribution >= 4 is 28.4 Å². The highest BCUT2D eigenvalue weighted by Gasteiger charge is 2.14. The molecule has 0 atom stereocenters. The summed E-state index contributed by atoms with van der Waals surface area (Å²) in [5.41, 5.74) is 0.319. The topological polar surface area (TPSA) is 61.1 Å². The van der Waals surface area contributed by atoms with Crippen LogP contribution in [0.15, 0.2) is 12.1 Å². The van der Waals surface area contributed by atoms with Crippen LogP contribution in [-0.2, 0) is 0 Å². The average molecular weight is 287 g/mol. The Morgan fingerprint density at radius 1 is 1.62 bits per heavy atom. The van der Waals surface area contributed by atoms with E-state index in [2.05, 4.69) is 0 Å². The van der Waals surface area contributed by atoms with Crippen LogP contribution >= 0.6 is 22.6 Å². The molecule has 0 aliphatic rings. The van der Waals surface area contributed by atoms with Gasteiger partial charge in [0.1, 0.15) is 11.8 Å². The van der Waals surface area contributed by atoms with E-state index in [0.29, 0.717) is 3.57 Å². The van der Waals surface area contributed by atoms with E-state index in [1.165, 1.54) is 13.0 Å². The number of hydrogen-bond donors (Lipinski definition) is 1. The van der Waals surface area contributed by atoms with Gasteiger partial charge in [0.2, 0.25) is 0 Å². The number of benzene rings is 1. The molecule has 1 rings (SSSR count). The number of carbonyl (C=O) groups is 1. The number of phenolic OH excluding ortho intramolecular Hbond substituents is 1. The highest BCUT2D eigenvalue weighted by atomic mass is 127. The molecule has 0 aliphatic carbocycles. The van der Waals surface area contributed by atoms with E-state index in [1.54, 1.807) is 6.07 Å². The lowest BCUT2D eigenvalue weighted by molar-refractivity contribution is 0.101. The maximum atomic E-state index is 11.1. The van der Waals surface area contributed by atoms with Gasteiger partial charge in [0, 0.05) is 0 Å². The quantitative estimate of drug-likeness (QED) is 0.635. The van der Waals surface area contributed by atoms with Crippen molar-refractivity contribution in [3.8, 4) is 11.8 Å². The van der Waals surface area contributed by atoms with E-state index >= 15 is 0 Å². The van der Waals surface area contributed by atoms with Crippen molar-refractivity contribution in [2.75, 3.05) is 0 Å². The number of rotatable bonds is 1. The van der Waals surface area contributed by atoms with Crippen LogP contribution in [0.1, 0.15) is 22.8 Å². The molecular weight excluding hydrogens is 281 g/mol. The van der Waals surface area contributed by atoms with Crippen LogP contribution in [0.4, 0.5) is 0 Å². The lowest BCUT2D eigenvalue weighted by atomic mass is 10.0. The molecule has 0 heterocycles. The molecule has 0 spiro atoms. The molecule has 1 aromatic rings. The SMILES string of the molecule is CC(=O)c1c(C#N)ccc(I)c1O. The van der Waals surface area contributed by atoms with Crippen LogP contribution in [0.2, 0.25) is 0 Å². The summed E-state index contributed by atoms with van der Waals surface area (Å²) in [6.07, 6.45) is 0. The zero-order valence-corrected chi connectivity index (χ0v) is 8.99. The van der Waals surface area contributed by atoms with Crippen LogP contribution in [0.3, 0.4) is 0 Å². The predicted molar refractivity (Wildman–Crippen MR) is 55.5 cm³/mol. The van der Waals surface area contributed by atoms with Gasteiger partial charge in [-0.2, -0.15) is 5.26 Å². The Kier molecular flexibility index (Phi) is 2.88. The normalized spacial score (nSPS) is 9.31. The zero-order valence-electron chi connectivity index (χ0n) is 6.84. The molecule has 0 amide bonds. The third-order valence-corrected chi connectivity index (χ3v) is 2.47. The first-order valence-corrected chi connectivity index (χ1v) is 4.58. The molecule has 0 saturated carbocycles. The van der Waals surface area contributed by atoms with Crippen molar-refractivity contribution in [3.63, 3.8) is 0 Å². The van der Waals surface area contributed by atoms with Crippen LogP contribution in [0.25, 0.3) is 0 Å². The fourth-order valence-corrected chi connectivity index (χ4v) is 1.46. The van der Waals surface area contributed by atoms with Gasteiger partial charge in [-0.05, 0) is 41.6 Å². The first-order chi connectivity index (χ1) is 6.07. The van der Waals surface area contributed by atoms with Crippen LogP contribution in [-0.4, -0.2) is 10.9 Å². The third-order valence-electron chi connectivity index (χ3n) is 1.60. The summed E-state index contributed by atoms with van der Waals surface area (Å²) in [5, 5.41) is 18.2. The van der Waals surface area contributed by atoms with Crippen LogP contribution in [0, 0.1) is 14.9 Å². The molecule has 66 valence electrons. The highest BCUT2D eigenvalue weighted by Crippen LogP contribution is 2.27. The van der Waals surface area contributed by atoms with Gasteiger partial charge in [0.25, 0.3) is 0 Å². The van der Waals surface area contributed by atoms with E-state index in [0.717, 1.165) is 0 Å². The first-order valence-electron chi connectivity index (χ1n) is 3.50. The van der Waals surface area contributed by atoms with E-state index in [-0.39, 0.29) is 22.7 Å². The van der Waals surface area contributed by atoms with Gasteiger partial charge in [0.05, 0.1) is 14.7 Å². The second-order valence-corrected chi connectivity index (χ2v) is 3.65. The molecule has 0 fully saturated rings. The molecule has 13 heavy (non-hydrogen) atoms. The Balaban J connectivity index is 3.53. The lowest BCUT2D eigenvalue weighted by Crippen LogP contribution is -1.98. The number of hydrogen-bond acceptors (Lipinski definition) is 3. The molecule has 1 N–H and O–H groups in total. The average Bonchev–Trinajstić information content (AvgIpc) is 2.08. The lowest BCUT2D eigenvalue weighted by Gasteiger charge is -2.04. The molecule has 0 radical (unpaired) electrons. The maximum absolute atomic E-state index is 11.1. The Morgan fingerprint density at radius 3 is 2.69 bits per heavy atom. The summed E-state index contributed by atoms with van der Waals surface area (Å²) >= 11 is 1.90. The molecule has 0 bridgehead atoms. The Hall–Kier alpha value is -1.09. The predicted octanol–water partition coefficient (Wildman–Crippen LogP) is 2.07. The summed E-state index contributed by atoms with van der Waals surface area (Å²) in [6, 6.07) is 4.98. The van der Waals surface area contributed by atoms with Crippen molar-refractivity contribution in [3.05, 3.63) is 26.8 Å². The number of ketones is 1. The second-order valence-electron chi connectivity index (χ2n) is 2.49. The number of aromatic hydroxyl groups is 1. The van der Waals surface area contributed by atoms with Gasteiger partial charge in [0.15, 0.2) is 5.78 Å². The minimum atomic E-state index is -0.299. The highest BCUT2D eigenvalue weighted by molar-refractivity contribution is 14.1. The van der Waals surface area contributed by atoms with Crippen molar-refractivity contribution in [2.24, 2.45) is 0 Å². The molecule has 0 saturated heterocycles. The summed E-state index contributed by atoms with van der Waals surface area (Å²) in [7, 11) is 0. The number of carbonyl (C=O) groups excluding carboxylic acids is 1. The van der Waals surface area contributed by atoms with Crippen molar-refractivity contribution in [1.29, 1.82) is 5.26 Å². The van der Waals surface area contributed by atoms with Gasteiger partial charge >= 0.3 is 0 Å². The minimum absolute atomic E-state index is 0.104. The minimum Gasteiger partial charge on any atom is -0.506 e. The van der Waals surface area contributed by atoms with Crippen LogP contribution in [0.5, 0.6) is 5.75 Å². The van der Waals surface area contributed by atoms with E-state index in [4.69, 9.17) is 5.26 Å². The Morgan fingerprint density at radius 2 is 2.23 bits per heavy atom. The van der Waals surface area contributed by atoms with Crippen molar-refractivity contribution < 1.29 is 9.90 Å². The van der Waals surface area contributed by atoms with E-state index in [9.17, 15) is 9.90 Å². The van der Waals surface area contributed by atoms with Gasteiger partial charge in [-0.15, -0.1) is 0 Å². The fraction of sp³-hybridized carbons (Fsp3) is 0.111. The van der Waals surface area contributed by atoms with Gasteiger partial charge < -0.3 is 5.11 Å². The molecule has 0 unspecified atom stereocenters. The molecule has 0 aliphatic heterocycles. The summed E-state index contributed by atoms with van der Waals surface area (Å²) in [6.45, 7) is 1.33. The molecule has 3 nitrogen and oxygen atoms in total. The second kappa shape index (κ2) is 3.75. The van der Waals surface area contributed by atoms with Gasteiger partial charge in [-0.1, -0.05) is 0 Å². The van der Waals surface area contributed by atoms with Crippen molar-refractivity contribution in [2.45, 2.75) is 6.92 Å². The first kappa shape index (κ1) is 9.99. The summed E-state index contributed by atoms with van der Waals surface area (Å²) < 4.78 is 0.571. The molecule has 0 aromatic heterocycles.